The van der Waals surface area contributed by atoms with E-state index < -0.39 is 11.5 Å². The number of piperazine rings is 1. The highest BCUT2D eigenvalue weighted by Gasteiger charge is 2.53. The molecular weight excluding hydrogens is 412 g/mol. The first-order chi connectivity index (χ1) is 15.1. The van der Waals surface area contributed by atoms with E-state index in [-0.39, 0.29) is 11.9 Å². The van der Waals surface area contributed by atoms with Crippen molar-refractivity contribution in [3.8, 4) is 0 Å². The Hall–Kier alpha value is -2.53. The molecule has 0 radical (unpaired) electrons. The van der Waals surface area contributed by atoms with E-state index in [1.807, 2.05) is 41.3 Å². The summed E-state index contributed by atoms with van der Waals surface area (Å²) in [6, 6.07) is 15.3. The molecule has 31 heavy (non-hydrogen) atoms. The van der Waals surface area contributed by atoms with Gasteiger partial charge in [0, 0.05) is 36.9 Å². The Morgan fingerprint density at radius 3 is 2.45 bits per heavy atom. The van der Waals surface area contributed by atoms with Crippen LogP contribution in [0.4, 0.5) is 5.69 Å². The van der Waals surface area contributed by atoms with Gasteiger partial charge in [-0.05, 0) is 55.5 Å². The highest BCUT2D eigenvalue weighted by Crippen LogP contribution is 2.48. The predicted octanol–water partition coefficient (Wildman–Crippen LogP) is 4.65. The Kier molecular flexibility index (Phi) is 5.39. The van der Waals surface area contributed by atoms with Crippen LogP contribution in [0.3, 0.4) is 0 Å². The second kappa shape index (κ2) is 8.19. The zero-order chi connectivity index (χ0) is 21.4. The number of halogens is 1. The molecule has 1 amide bonds. The maximum absolute atomic E-state index is 13.9. The van der Waals surface area contributed by atoms with E-state index in [1.54, 1.807) is 6.07 Å². The van der Waals surface area contributed by atoms with Crippen LogP contribution in [0.25, 0.3) is 0 Å². The van der Waals surface area contributed by atoms with Crippen LogP contribution < -0.4 is 4.90 Å². The van der Waals surface area contributed by atoms with Gasteiger partial charge in [-0.15, -0.1) is 0 Å². The Morgan fingerprint density at radius 2 is 1.71 bits per heavy atom. The lowest BCUT2D eigenvalue weighted by molar-refractivity contribution is -0.143. The van der Waals surface area contributed by atoms with E-state index in [0.717, 1.165) is 61.5 Å². The number of benzene rings is 2. The molecule has 2 aromatic rings. The van der Waals surface area contributed by atoms with Crippen LogP contribution in [-0.4, -0.2) is 48.6 Å². The van der Waals surface area contributed by atoms with E-state index in [4.69, 9.17) is 16.3 Å². The molecule has 1 atom stereocenters. The van der Waals surface area contributed by atoms with E-state index >= 15 is 0 Å². The topological polar surface area (TPSA) is 49.9 Å². The summed E-state index contributed by atoms with van der Waals surface area (Å²) in [5.74, 6) is -0.612. The number of carbonyl (C=O) groups excluding carboxylic acids is 2. The molecule has 162 valence electrons. The smallest absolute Gasteiger partial charge is 0.339 e. The molecule has 2 fully saturated rings. The molecule has 6 heteroatoms. The van der Waals surface area contributed by atoms with Gasteiger partial charge in [-0.3, -0.25) is 4.79 Å². The lowest BCUT2D eigenvalue weighted by atomic mass is 9.69. The SMILES string of the molecule is O=C1OC2(CCCCC2)[C@@H](C(=O)N2CCN(c3cccc(Cl)c3)CC2)c2ccccc21. The predicted molar refractivity (Wildman–Crippen MR) is 121 cm³/mol. The second-order valence-corrected chi connectivity index (χ2v) is 9.26. The average Bonchev–Trinajstić information content (AvgIpc) is 2.80. The van der Waals surface area contributed by atoms with Gasteiger partial charge >= 0.3 is 5.97 Å². The lowest BCUT2D eigenvalue weighted by Gasteiger charge is -2.47. The fraction of sp³-hybridized carbons (Fsp3) is 0.440. The van der Waals surface area contributed by atoms with Crippen molar-refractivity contribution in [3.63, 3.8) is 0 Å². The van der Waals surface area contributed by atoms with Crippen LogP contribution in [0.2, 0.25) is 5.02 Å². The number of hydrogen-bond donors (Lipinski definition) is 0. The number of fused-ring (bicyclic) bond motifs is 1. The molecule has 5 rings (SSSR count). The largest absolute Gasteiger partial charge is 0.454 e. The fourth-order valence-electron chi connectivity index (χ4n) is 5.46. The molecule has 1 saturated carbocycles. The normalized spacial score (nSPS) is 22.7. The van der Waals surface area contributed by atoms with Gasteiger partial charge in [0.25, 0.3) is 0 Å². The summed E-state index contributed by atoms with van der Waals surface area (Å²) in [6.45, 7) is 2.81. The number of carbonyl (C=O) groups is 2. The standard InChI is InChI=1S/C25H27ClN2O3/c26-18-7-6-8-19(17-18)27-13-15-28(16-14-27)23(29)22-20-9-2-3-10-21(20)24(30)31-25(22)11-4-1-5-12-25/h2-3,6-10,17,22H,1,4-5,11-16H2/t22-/m1/s1. The molecule has 3 aliphatic rings. The van der Waals surface area contributed by atoms with Gasteiger partial charge in [0.1, 0.15) is 11.5 Å². The van der Waals surface area contributed by atoms with Gasteiger partial charge < -0.3 is 14.5 Å². The molecule has 1 saturated heterocycles. The lowest BCUT2D eigenvalue weighted by Crippen LogP contribution is -2.56. The van der Waals surface area contributed by atoms with Gasteiger partial charge in [0.2, 0.25) is 5.91 Å². The van der Waals surface area contributed by atoms with E-state index in [2.05, 4.69) is 11.0 Å². The van der Waals surface area contributed by atoms with Gasteiger partial charge in [-0.2, -0.15) is 0 Å². The van der Waals surface area contributed by atoms with Crippen molar-refractivity contribution >= 4 is 29.2 Å². The third-order valence-electron chi connectivity index (χ3n) is 7.03. The molecule has 5 nitrogen and oxygen atoms in total. The monoisotopic (exact) mass is 438 g/mol. The van der Waals surface area contributed by atoms with Crippen molar-refractivity contribution in [2.75, 3.05) is 31.1 Å². The summed E-state index contributed by atoms with van der Waals surface area (Å²) in [7, 11) is 0. The van der Waals surface area contributed by atoms with Crippen LogP contribution in [0.15, 0.2) is 48.5 Å². The molecule has 0 unspecified atom stereocenters. The van der Waals surface area contributed by atoms with Crippen molar-refractivity contribution in [1.82, 2.24) is 4.90 Å². The molecule has 1 aliphatic carbocycles. The number of ether oxygens (including phenoxy) is 1. The molecule has 0 bridgehead atoms. The molecule has 2 aromatic carbocycles. The summed E-state index contributed by atoms with van der Waals surface area (Å²) < 4.78 is 6.06. The van der Waals surface area contributed by atoms with Gasteiger partial charge in [-0.1, -0.05) is 42.3 Å². The van der Waals surface area contributed by atoms with Crippen molar-refractivity contribution in [2.24, 2.45) is 0 Å². The first-order valence-corrected chi connectivity index (χ1v) is 11.6. The summed E-state index contributed by atoms with van der Waals surface area (Å²) >= 11 is 6.15. The third kappa shape index (κ3) is 3.69. The Morgan fingerprint density at radius 1 is 0.968 bits per heavy atom. The summed E-state index contributed by atoms with van der Waals surface area (Å²) in [5.41, 5.74) is 1.75. The molecule has 0 aromatic heterocycles. The number of nitrogens with zero attached hydrogens (tertiary/aromatic N) is 2. The minimum atomic E-state index is -0.704. The Balaban J connectivity index is 1.40. The number of anilines is 1. The fourth-order valence-corrected chi connectivity index (χ4v) is 5.64. The summed E-state index contributed by atoms with van der Waals surface area (Å²) in [4.78, 5) is 30.9. The van der Waals surface area contributed by atoms with E-state index in [9.17, 15) is 9.59 Å². The van der Waals surface area contributed by atoms with Crippen LogP contribution >= 0.6 is 11.6 Å². The van der Waals surface area contributed by atoms with Crippen molar-refractivity contribution in [3.05, 3.63) is 64.7 Å². The van der Waals surface area contributed by atoms with E-state index in [0.29, 0.717) is 18.7 Å². The zero-order valence-electron chi connectivity index (χ0n) is 17.6. The summed E-state index contributed by atoms with van der Waals surface area (Å²) in [6.07, 6.45) is 4.61. The van der Waals surface area contributed by atoms with Crippen molar-refractivity contribution in [1.29, 1.82) is 0 Å². The molecule has 1 spiro atoms. The van der Waals surface area contributed by atoms with Crippen molar-refractivity contribution < 1.29 is 14.3 Å². The third-order valence-corrected chi connectivity index (χ3v) is 7.26. The van der Waals surface area contributed by atoms with Crippen LogP contribution in [0, 0.1) is 0 Å². The zero-order valence-corrected chi connectivity index (χ0v) is 18.3. The highest BCUT2D eigenvalue weighted by molar-refractivity contribution is 6.30. The quantitative estimate of drug-likeness (QED) is 0.640. The number of rotatable bonds is 2. The van der Waals surface area contributed by atoms with Crippen LogP contribution in [0.5, 0.6) is 0 Å². The van der Waals surface area contributed by atoms with Crippen LogP contribution in [-0.2, 0) is 9.53 Å². The molecule has 0 N–H and O–H groups in total. The first kappa shape index (κ1) is 20.4. The number of amides is 1. The number of esters is 1. The maximum Gasteiger partial charge on any atom is 0.339 e. The Labute approximate surface area is 187 Å². The minimum Gasteiger partial charge on any atom is -0.454 e. The summed E-state index contributed by atoms with van der Waals surface area (Å²) in [5, 5.41) is 0.718. The maximum atomic E-state index is 13.9. The Bertz CT molecular complexity index is 994. The first-order valence-electron chi connectivity index (χ1n) is 11.2. The molecule has 2 heterocycles. The van der Waals surface area contributed by atoms with E-state index in [1.165, 1.54) is 0 Å². The molecule has 2 aliphatic heterocycles. The van der Waals surface area contributed by atoms with Gasteiger partial charge in [0.15, 0.2) is 0 Å². The van der Waals surface area contributed by atoms with Gasteiger partial charge in [-0.25, -0.2) is 4.79 Å². The molecular formula is C25H27ClN2O3. The minimum absolute atomic E-state index is 0.0904. The average molecular weight is 439 g/mol. The van der Waals surface area contributed by atoms with Crippen molar-refractivity contribution in [2.45, 2.75) is 43.6 Å². The second-order valence-electron chi connectivity index (χ2n) is 8.83. The highest BCUT2D eigenvalue weighted by atomic mass is 35.5. The number of hydrogen-bond acceptors (Lipinski definition) is 4. The van der Waals surface area contributed by atoms with Crippen LogP contribution in [0.1, 0.15) is 53.9 Å². The van der Waals surface area contributed by atoms with Gasteiger partial charge in [0.05, 0.1) is 5.56 Å².